The van der Waals surface area contributed by atoms with Gasteiger partial charge in [-0.25, -0.2) is 13.8 Å². The standard InChI is InChI=1S/C17H22F2N4O2.C5H9F3O/c1-25-9-14(23-16(24)4-10-6-17(18,19)7-10)11-2-3-12-13(5-11)22-15(8-20)21-12;1-4(2,9-3)5(6,7)8/h2-3,5,10,14H,4,6-9,20H2,1H3,(H,21,22)(H,23,24);1-3H3. The zero-order chi connectivity index (χ0) is 25.7. The highest BCUT2D eigenvalue weighted by Crippen LogP contribution is 2.44. The number of fused-ring (bicyclic) bond motifs is 1. The summed E-state index contributed by atoms with van der Waals surface area (Å²) in [6.07, 6.45) is -4.59. The van der Waals surface area contributed by atoms with E-state index in [1.54, 1.807) is 7.11 Å². The number of amides is 1. The number of aromatic amines is 1. The average molecular weight is 495 g/mol. The van der Waals surface area contributed by atoms with Gasteiger partial charge in [-0.1, -0.05) is 6.07 Å². The third-order valence-electron chi connectivity index (χ3n) is 5.66. The minimum Gasteiger partial charge on any atom is -0.382 e. The van der Waals surface area contributed by atoms with Gasteiger partial charge in [-0.2, -0.15) is 13.2 Å². The molecule has 7 nitrogen and oxygen atoms in total. The Morgan fingerprint density at radius 2 is 1.94 bits per heavy atom. The monoisotopic (exact) mass is 494 g/mol. The van der Waals surface area contributed by atoms with Crippen LogP contribution in [0.2, 0.25) is 0 Å². The number of hydrogen-bond donors (Lipinski definition) is 3. The Morgan fingerprint density at radius 3 is 2.41 bits per heavy atom. The minimum atomic E-state index is -4.28. The van der Waals surface area contributed by atoms with E-state index in [-0.39, 0.29) is 43.7 Å². The molecule has 1 atom stereocenters. The molecule has 1 aromatic heterocycles. The van der Waals surface area contributed by atoms with Crippen LogP contribution < -0.4 is 11.1 Å². The van der Waals surface area contributed by atoms with E-state index in [1.807, 2.05) is 18.2 Å². The van der Waals surface area contributed by atoms with Crippen LogP contribution >= 0.6 is 0 Å². The van der Waals surface area contributed by atoms with Gasteiger partial charge in [0.05, 0.1) is 30.2 Å². The van der Waals surface area contributed by atoms with Crippen molar-refractivity contribution in [2.24, 2.45) is 11.7 Å². The second-order valence-corrected chi connectivity index (χ2v) is 8.79. The molecule has 1 aromatic carbocycles. The number of aromatic nitrogens is 2. The van der Waals surface area contributed by atoms with Crippen molar-refractivity contribution in [3.8, 4) is 0 Å². The topological polar surface area (TPSA) is 102 Å². The Labute approximate surface area is 194 Å². The molecule has 0 spiro atoms. The van der Waals surface area contributed by atoms with Crippen molar-refractivity contribution in [1.82, 2.24) is 15.3 Å². The van der Waals surface area contributed by atoms with Crippen LogP contribution in [0.1, 0.15) is 50.5 Å². The first-order valence-corrected chi connectivity index (χ1v) is 10.7. The molecule has 1 unspecified atom stereocenters. The molecular weight excluding hydrogens is 463 g/mol. The Bertz CT molecular complexity index is 954. The summed E-state index contributed by atoms with van der Waals surface area (Å²) in [6.45, 7) is 2.56. The van der Waals surface area contributed by atoms with Gasteiger partial charge in [0, 0.05) is 33.5 Å². The first-order chi connectivity index (χ1) is 15.7. The molecule has 192 valence electrons. The Hall–Kier alpha value is -2.31. The molecule has 1 aliphatic carbocycles. The molecule has 0 radical (unpaired) electrons. The van der Waals surface area contributed by atoms with Crippen LogP contribution in [0.3, 0.4) is 0 Å². The molecule has 4 N–H and O–H groups in total. The van der Waals surface area contributed by atoms with Crippen molar-refractivity contribution in [2.45, 2.75) is 63.4 Å². The second kappa shape index (κ2) is 11.0. The van der Waals surface area contributed by atoms with E-state index >= 15 is 0 Å². The van der Waals surface area contributed by atoms with Crippen LogP contribution in [0.5, 0.6) is 0 Å². The quantitative estimate of drug-likeness (QED) is 0.477. The van der Waals surface area contributed by atoms with Crippen molar-refractivity contribution in [3.05, 3.63) is 29.6 Å². The van der Waals surface area contributed by atoms with Crippen LogP contribution in [-0.4, -0.2) is 54.4 Å². The summed E-state index contributed by atoms with van der Waals surface area (Å²) in [5.74, 6) is -2.41. The maximum absolute atomic E-state index is 12.9. The summed E-state index contributed by atoms with van der Waals surface area (Å²) in [6, 6.07) is 5.25. The van der Waals surface area contributed by atoms with Crippen LogP contribution in [0.15, 0.2) is 18.2 Å². The molecular formula is C22H31F5N4O3. The maximum atomic E-state index is 12.9. The van der Waals surface area contributed by atoms with Gasteiger partial charge in [0.1, 0.15) is 5.82 Å². The fourth-order valence-corrected chi connectivity index (χ4v) is 3.34. The van der Waals surface area contributed by atoms with E-state index in [0.29, 0.717) is 12.4 Å². The van der Waals surface area contributed by atoms with Gasteiger partial charge >= 0.3 is 6.18 Å². The number of methoxy groups -OCH3 is 2. The van der Waals surface area contributed by atoms with Crippen LogP contribution in [0, 0.1) is 5.92 Å². The summed E-state index contributed by atoms with van der Waals surface area (Å²) >= 11 is 0. The zero-order valence-electron chi connectivity index (χ0n) is 19.6. The Morgan fingerprint density at radius 1 is 1.29 bits per heavy atom. The maximum Gasteiger partial charge on any atom is 0.416 e. The minimum absolute atomic E-state index is 0.111. The van der Waals surface area contributed by atoms with E-state index in [4.69, 9.17) is 10.5 Å². The molecule has 1 aliphatic rings. The third kappa shape index (κ3) is 7.34. The van der Waals surface area contributed by atoms with Gasteiger partial charge in [-0.05, 0) is 37.5 Å². The van der Waals surface area contributed by atoms with E-state index < -0.39 is 17.7 Å². The summed E-state index contributed by atoms with van der Waals surface area (Å²) in [4.78, 5) is 19.6. The number of benzene rings is 1. The Balaban J connectivity index is 0.000000387. The summed E-state index contributed by atoms with van der Waals surface area (Å²) in [5, 5.41) is 2.88. The van der Waals surface area contributed by atoms with Crippen LogP contribution in [-0.2, 0) is 20.8 Å². The number of ether oxygens (including phenoxy) is 2. The van der Waals surface area contributed by atoms with E-state index in [2.05, 4.69) is 20.0 Å². The Kier molecular flexibility index (Phi) is 9.00. The number of imidazole rings is 1. The van der Waals surface area contributed by atoms with Crippen molar-refractivity contribution in [3.63, 3.8) is 0 Å². The molecule has 1 heterocycles. The number of H-pyrrole nitrogens is 1. The number of nitrogens with one attached hydrogen (secondary N) is 2. The lowest BCUT2D eigenvalue weighted by Crippen LogP contribution is -2.40. The number of halogens is 5. The van der Waals surface area contributed by atoms with Gasteiger partial charge in [0.15, 0.2) is 5.60 Å². The summed E-state index contributed by atoms with van der Waals surface area (Å²) in [5.41, 5.74) is 6.04. The van der Waals surface area contributed by atoms with Gasteiger partial charge in [0.25, 0.3) is 0 Å². The second-order valence-electron chi connectivity index (χ2n) is 8.79. The fourth-order valence-electron chi connectivity index (χ4n) is 3.34. The van der Waals surface area contributed by atoms with E-state index in [1.165, 1.54) is 0 Å². The van der Waals surface area contributed by atoms with Crippen molar-refractivity contribution in [1.29, 1.82) is 0 Å². The van der Waals surface area contributed by atoms with Crippen molar-refractivity contribution < 1.29 is 36.2 Å². The number of carbonyl (C=O) groups excluding carboxylic acids is 1. The molecule has 2 aromatic rings. The lowest BCUT2D eigenvalue weighted by atomic mass is 9.79. The van der Waals surface area contributed by atoms with Gasteiger partial charge in [-0.3, -0.25) is 4.79 Å². The number of rotatable bonds is 8. The van der Waals surface area contributed by atoms with Gasteiger partial charge in [0.2, 0.25) is 11.8 Å². The molecule has 1 saturated carbocycles. The molecule has 0 saturated heterocycles. The van der Waals surface area contributed by atoms with Gasteiger partial charge < -0.3 is 25.5 Å². The molecule has 34 heavy (non-hydrogen) atoms. The lowest BCUT2D eigenvalue weighted by Gasteiger charge is -2.34. The first kappa shape index (κ1) is 27.9. The lowest BCUT2D eigenvalue weighted by molar-refractivity contribution is -0.255. The van der Waals surface area contributed by atoms with E-state index in [9.17, 15) is 26.7 Å². The smallest absolute Gasteiger partial charge is 0.382 e. The molecule has 1 fully saturated rings. The molecule has 12 heteroatoms. The number of hydrogen-bond acceptors (Lipinski definition) is 5. The SMILES string of the molecule is COC(C)(C)C(F)(F)F.COCC(NC(=O)CC1CC(F)(F)C1)c1ccc2nc(CN)[nH]c2c1. The van der Waals surface area contributed by atoms with Crippen LogP contribution in [0.25, 0.3) is 11.0 Å². The number of alkyl halides is 5. The number of nitrogens with two attached hydrogens (primary N) is 1. The summed E-state index contributed by atoms with van der Waals surface area (Å²) in [7, 11) is 2.58. The largest absolute Gasteiger partial charge is 0.416 e. The van der Waals surface area contributed by atoms with E-state index in [0.717, 1.165) is 37.6 Å². The fraction of sp³-hybridized carbons (Fsp3) is 0.636. The van der Waals surface area contributed by atoms with Gasteiger partial charge in [-0.15, -0.1) is 0 Å². The first-order valence-electron chi connectivity index (χ1n) is 10.7. The van der Waals surface area contributed by atoms with Crippen LogP contribution in [0.4, 0.5) is 22.0 Å². The third-order valence-corrected chi connectivity index (χ3v) is 5.66. The van der Waals surface area contributed by atoms with Crippen molar-refractivity contribution in [2.75, 3.05) is 20.8 Å². The molecule has 3 rings (SSSR count). The predicted octanol–water partition coefficient (Wildman–Crippen LogP) is 4.23. The number of nitrogens with zero attached hydrogens (tertiary/aromatic N) is 1. The molecule has 1 amide bonds. The highest BCUT2D eigenvalue weighted by molar-refractivity contribution is 5.78. The highest BCUT2D eigenvalue weighted by atomic mass is 19.4. The average Bonchev–Trinajstić information content (AvgIpc) is 3.14. The normalized spacial score (nSPS) is 17.0. The zero-order valence-corrected chi connectivity index (χ0v) is 19.6. The van der Waals surface area contributed by atoms with Crippen molar-refractivity contribution >= 4 is 16.9 Å². The summed E-state index contributed by atoms with van der Waals surface area (Å²) < 4.78 is 70.3. The number of carbonyl (C=O) groups is 1. The molecule has 0 bridgehead atoms. The predicted molar refractivity (Wildman–Crippen MR) is 116 cm³/mol. The molecule has 0 aliphatic heterocycles. The highest BCUT2D eigenvalue weighted by Gasteiger charge is 2.47.